The molecule has 1 atom stereocenters. The topological polar surface area (TPSA) is 12.0 Å². The van der Waals surface area contributed by atoms with Gasteiger partial charge in [-0.15, -0.1) is 0 Å². The monoisotopic (exact) mass is 211 g/mol. The zero-order chi connectivity index (χ0) is 9.80. The van der Waals surface area contributed by atoms with Gasteiger partial charge in [0.1, 0.15) is 5.82 Å². The Morgan fingerprint density at radius 2 is 2.29 bits per heavy atom. The standard InChI is InChI=1S/C11H14FNS/c12-10-3-1-2-9(8-10)11-4-5-13-6-7-14-11/h1-3,8,11,13H,4-7H2/t11-/m0/s1. The number of rotatable bonds is 1. The van der Waals surface area contributed by atoms with Crippen molar-refractivity contribution in [3.05, 3.63) is 35.6 Å². The second kappa shape index (κ2) is 4.80. The van der Waals surface area contributed by atoms with Gasteiger partial charge in [-0.05, 0) is 30.7 Å². The van der Waals surface area contributed by atoms with Gasteiger partial charge in [-0.1, -0.05) is 12.1 Å². The van der Waals surface area contributed by atoms with Gasteiger partial charge in [0, 0.05) is 17.5 Å². The van der Waals surface area contributed by atoms with Crippen LogP contribution in [0.1, 0.15) is 17.2 Å². The van der Waals surface area contributed by atoms with Gasteiger partial charge in [0.05, 0.1) is 0 Å². The highest BCUT2D eigenvalue weighted by Gasteiger charge is 2.14. The fourth-order valence-electron chi connectivity index (χ4n) is 1.68. The van der Waals surface area contributed by atoms with Crippen molar-refractivity contribution in [2.75, 3.05) is 18.8 Å². The molecule has 1 aliphatic heterocycles. The molecular weight excluding hydrogens is 197 g/mol. The van der Waals surface area contributed by atoms with Crippen LogP contribution in [0.5, 0.6) is 0 Å². The Morgan fingerprint density at radius 3 is 3.14 bits per heavy atom. The van der Waals surface area contributed by atoms with Crippen molar-refractivity contribution < 1.29 is 4.39 Å². The molecule has 1 heterocycles. The third-order valence-electron chi connectivity index (χ3n) is 2.40. The molecule has 2 rings (SSSR count). The molecule has 0 amide bonds. The summed E-state index contributed by atoms with van der Waals surface area (Å²) in [5.41, 5.74) is 1.12. The Hall–Kier alpha value is -0.540. The van der Waals surface area contributed by atoms with Gasteiger partial charge < -0.3 is 5.32 Å². The fraction of sp³-hybridized carbons (Fsp3) is 0.455. The Bertz CT molecular complexity index is 295. The maximum absolute atomic E-state index is 13.0. The van der Waals surface area contributed by atoms with Crippen molar-refractivity contribution in [2.24, 2.45) is 0 Å². The fourth-order valence-corrected chi connectivity index (χ4v) is 2.85. The lowest BCUT2D eigenvalue weighted by Gasteiger charge is -2.13. The predicted octanol–water partition coefficient (Wildman–Crippen LogP) is 2.59. The first kappa shape index (κ1) is 9.99. The lowest BCUT2D eigenvalue weighted by Crippen LogP contribution is -2.15. The molecule has 0 aromatic heterocycles. The quantitative estimate of drug-likeness (QED) is 0.766. The number of nitrogens with one attached hydrogen (secondary N) is 1. The van der Waals surface area contributed by atoms with Crippen LogP contribution in [0.25, 0.3) is 0 Å². The SMILES string of the molecule is Fc1cccc([C@@H]2CCNCCS2)c1. The summed E-state index contributed by atoms with van der Waals surface area (Å²) in [6.45, 7) is 2.10. The molecule has 0 aliphatic carbocycles. The van der Waals surface area contributed by atoms with Gasteiger partial charge in [-0.2, -0.15) is 11.8 Å². The molecule has 1 saturated heterocycles. The van der Waals surface area contributed by atoms with E-state index in [0.29, 0.717) is 5.25 Å². The highest BCUT2D eigenvalue weighted by atomic mass is 32.2. The molecule has 3 heteroatoms. The van der Waals surface area contributed by atoms with Crippen molar-refractivity contribution in [3.8, 4) is 0 Å². The Kier molecular flexibility index (Phi) is 3.43. The third-order valence-corrected chi connectivity index (χ3v) is 3.75. The van der Waals surface area contributed by atoms with E-state index in [1.165, 1.54) is 6.07 Å². The maximum Gasteiger partial charge on any atom is 0.123 e. The van der Waals surface area contributed by atoms with Crippen LogP contribution < -0.4 is 5.32 Å². The van der Waals surface area contributed by atoms with Crippen LogP contribution in [-0.4, -0.2) is 18.8 Å². The van der Waals surface area contributed by atoms with E-state index in [1.54, 1.807) is 12.1 Å². The van der Waals surface area contributed by atoms with Gasteiger partial charge in [-0.3, -0.25) is 0 Å². The molecule has 0 unspecified atom stereocenters. The largest absolute Gasteiger partial charge is 0.316 e. The smallest absolute Gasteiger partial charge is 0.123 e. The van der Waals surface area contributed by atoms with E-state index in [9.17, 15) is 4.39 Å². The van der Waals surface area contributed by atoms with Crippen LogP contribution in [0, 0.1) is 5.82 Å². The van der Waals surface area contributed by atoms with E-state index in [4.69, 9.17) is 0 Å². The van der Waals surface area contributed by atoms with Gasteiger partial charge in [0.2, 0.25) is 0 Å². The molecule has 76 valence electrons. The molecule has 0 radical (unpaired) electrons. The summed E-state index contributed by atoms with van der Waals surface area (Å²) in [4.78, 5) is 0. The van der Waals surface area contributed by atoms with Gasteiger partial charge >= 0.3 is 0 Å². The molecule has 0 bridgehead atoms. The van der Waals surface area contributed by atoms with Crippen LogP contribution in [0.4, 0.5) is 4.39 Å². The molecule has 0 spiro atoms. The number of halogens is 1. The van der Waals surface area contributed by atoms with E-state index >= 15 is 0 Å². The average Bonchev–Trinajstić information content (AvgIpc) is 2.45. The van der Waals surface area contributed by atoms with Crippen molar-refractivity contribution in [3.63, 3.8) is 0 Å². The lowest BCUT2D eigenvalue weighted by atomic mass is 10.1. The Balaban J connectivity index is 2.12. The predicted molar refractivity (Wildman–Crippen MR) is 59.1 cm³/mol. The van der Waals surface area contributed by atoms with Gasteiger partial charge in [0.15, 0.2) is 0 Å². The first-order valence-electron chi connectivity index (χ1n) is 4.94. The first-order valence-corrected chi connectivity index (χ1v) is 5.99. The zero-order valence-electron chi connectivity index (χ0n) is 8.00. The molecule has 1 fully saturated rings. The first-order chi connectivity index (χ1) is 6.86. The summed E-state index contributed by atoms with van der Waals surface area (Å²) in [6, 6.07) is 6.97. The summed E-state index contributed by atoms with van der Waals surface area (Å²) >= 11 is 1.92. The van der Waals surface area contributed by atoms with E-state index in [2.05, 4.69) is 5.32 Å². The summed E-state index contributed by atoms with van der Waals surface area (Å²) in [6.07, 6.45) is 1.09. The van der Waals surface area contributed by atoms with E-state index in [0.717, 1.165) is 30.8 Å². The van der Waals surface area contributed by atoms with Crippen molar-refractivity contribution in [2.45, 2.75) is 11.7 Å². The normalized spacial score (nSPS) is 23.1. The zero-order valence-corrected chi connectivity index (χ0v) is 8.82. The summed E-state index contributed by atoms with van der Waals surface area (Å²) in [5, 5.41) is 3.81. The van der Waals surface area contributed by atoms with Crippen LogP contribution >= 0.6 is 11.8 Å². The second-order valence-corrected chi connectivity index (χ2v) is 4.76. The van der Waals surface area contributed by atoms with Crippen molar-refractivity contribution in [1.29, 1.82) is 0 Å². The minimum absolute atomic E-state index is 0.125. The number of hydrogen-bond acceptors (Lipinski definition) is 2. The molecular formula is C11H14FNS. The highest BCUT2D eigenvalue weighted by molar-refractivity contribution is 7.99. The van der Waals surface area contributed by atoms with Crippen LogP contribution in [0.3, 0.4) is 0 Å². The molecule has 1 aromatic rings. The van der Waals surface area contributed by atoms with Crippen LogP contribution in [0.2, 0.25) is 0 Å². The minimum atomic E-state index is -0.125. The summed E-state index contributed by atoms with van der Waals surface area (Å²) in [5.74, 6) is 0.988. The van der Waals surface area contributed by atoms with Crippen molar-refractivity contribution >= 4 is 11.8 Å². The van der Waals surface area contributed by atoms with Crippen LogP contribution in [-0.2, 0) is 0 Å². The Labute approximate surface area is 88.1 Å². The molecule has 1 nitrogen and oxygen atoms in total. The number of hydrogen-bond donors (Lipinski definition) is 1. The average molecular weight is 211 g/mol. The number of benzene rings is 1. The maximum atomic E-state index is 13.0. The lowest BCUT2D eigenvalue weighted by molar-refractivity contribution is 0.622. The Morgan fingerprint density at radius 1 is 1.36 bits per heavy atom. The highest BCUT2D eigenvalue weighted by Crippen LogP contribution is 2.32. The van der Waals surface area contributed by atoms with E-state index in [1.807, 2.05) is 17.8 Å². The van der Waals surface area contributed by atoms with Crippen LogP contribution in [0.15, 0.2) is 24.3 Å². The third kappa shape index (κ3) is 2.49. The second-order valence-electron chi connectivity index (χ2n) is 3.45. The summed E-state index contributed by atoms with van der Waals surface area (Å²) < 4.78 is 13.0. The molecule has 0 saturated carbocycles. The minimum Gasteiger partial charge on any atom is -0.316 e. The molecule has 1 aromatic carbocycles. The molecule has 1 aliphatic rings. The molecule has 14 heavy (non-hydrogen) atoms. The summed E-state index contributed by atoms with van der Waals surface area (Å²) in [7, 11) is 0. The van der Waals surface area contributed by atoms with Crippen molar-refractivity contribution in [1.82, 2.24) is 5.32 Å². The van der Waals surface area contributed by atoms with E-state index < -0.39 is 0 Å². The van der Waals surface area contributed by atoms with Gasteiger partial charge in [0.25, 0.3) is 0 Å². The van der Waals surface area contributed by atoms with E-state index in [-0.39, 0.29) is 5.82 Å². The molecule has 1 N–H and O–H groups in total. The number of thioether (sulfide) groups is 1. The van der Waals surface area contributed by atoms with Gasteiger partial charge in [-0.25, -0.2) is 4.39 Å².